The van der Waals surface area contributed by atoms with Crippen molar-refractivity contribution < 1.29 is 14.3 Å². The SMILES string of the molecule is CC(C)CCOc1cccc(OCC(=O)Nc2ccccc2Cl)c1. The van der Waals surface area contributed by atoms with Crippen LogP contribution in [0.4, 0.5) is 5.69 Å². The van der Waals surface area contributed by atoms with Gasteiger partial charge in [-0.1, -0.05) is 43.6 Å². The van der Waals surface area contributed by atoms with Crippen LogP contribution >= 0.6 is 11.6 Å². The van der Waals surface area contributed by atoms with Crippen molar-refractivity contribution >= 4 is 23.2 Å². The van der Waals surface area contributed by atoms with Crippen LogP contribution in [0.25, 0.3) is 0 Å². The minimum atomic E-state index is -0.269. The summed E-state index contributed by atoms with van der Waals surface area (Å²) in [6, 6.07) is 14.4. The molecule has 0 aliphatic rings. The second kappa shape index (κ2) is 9.18. The third kappa shape index (κ3) is 6.13. The molecular formula is C19H22ClNO3. The molecule has 0 aliphatic heterocycles. The summed E-state index contributed by atoms with van der Waals surface area (Å²) in [5.41, 5.74) is 0.568. The summed E-state index contributed by atoms with van der Waals surface area (Å²) in [6.45, 7) is 4.87. The van der Waals surface area contributed by atoms with E-state index in [1.165, 1.54) is 0 Å². The summed E-state index contributed by atoms with van der Waals surface area (Å²) >= 11 is 6.00. The van der Waals surface area contributed by atoms with Crippen molar-refractivity contribution in [3.63, 3.8) is 0 Å². The molecule has 5 heteroatoms. The second-order valence-electron chi connectivity index (χ2n) is 5.82. The highest BCUT2D eigenvalue weighted by Crippen LogP contribution is 2.21. The zero-order valence-electron chi connectivity index (χ0n) is 13.9. The molecule has 0 heterocycles. The first-order chi connectivity index (χ1) is 11.5. The molecule has 2 aromatic carbocycles. The number of ether oxygens (including phenoxy) is 2. The van der Waals surface area contributed by atoms with E-state index in [2.05, 4.69) is 19.2 Å². The van der Waals surface area contributed by atoms with Gasteiger partial charge >= 0.3 is 0 Å². The molecule has 0 saturated carbocycles. The Labute approximate surface area is 147 Å². The third-order valence-electron chi connectivity index (χ3n) is 3.29. The second-order valence-corrected chi connectivity index (χ2v) is 6.23. The van der Waals surface area contributed by atoms with Crippen molar-refractivity contribution in [1.29, 1.82) is 0 Å². The van der Waals surface area contributed by atoms with E-state index >= 15 is 0 Å². The van der Waals surface area contributed by atoms with Crippen LogP contribution in [0.3, 0.4) is 0 Å². The van der Waals surface area contributed by atoms with Crippen LogP contribution in [0, 0.1) is 5.92 Å². The van der Waals surface area contributed by atoms with Gasteiger partial charge in [0.05, 0.1) is 17.3 Å². The zero-order valence-corrected chi connectivity index (χ0v) is 14.7. The molecule has 0 saturated heterocycles. The molecule has 0 radical (unpaired) electrons. The number of carbonyl (C=O) groups excluding carboxylic acids is 1. The van der Waals surface area contributed by atoms with Gasteiger partial charge in [0.25, 0.3) is 5.91 Å². The van der Waals surface area contributed by atoms with E-state index in [1.54, 1.807) is 36.4 Å². The maximum atomic E-state index is 11.9. The fourth-order valence-corrected chi connectivity index (χ4v) is 2.15. The normalized spacial score (nSPS) is 10.5. The molecule has 1 N–H and O–H groups in total. The lowest BCUT2D eigenvalue weighted by molar-refractivity contribution is -0.118. The molecule has 0 fully saturated rings. The molecule has 1 amide bonds. The van der Waals surface area contributed by atoms with E-state index in [9.17, 15) is 4.79 Å². The number of rotatable bonds is 8. The standard InChI is InChI=1S/C19H22ClNO3/c1-14(2)10-11-23-15-6-5-7-16(12-15)24-13-19(22)21-18-9-4-3-8-17(18)20/h3-9,12,14H,10-11,13H2,1-2H3,(H,21,22). The summed E-state index contributed by atoms with van der Waals surface area (Å²) in [4.78, 5) is 11.9. The van der Waals surface area contributed by atoms with Crippen molar-refractivity contribution in [2.24, 2.45) is 5.92 Å². The maximum absolute atomic E-state index is 11.9. The Morgan fingerprint density at radius 1 is 1.08 bits per heavy atom. The molecule has 2 aromatic rings. The first-order valence-electron chi connectivity index (χ1n) is 7.94. The largest absolute Gasteiger partial charge is 0.493 e. The fraction of sp³-hybridized carbons (Fsp3) is 0.316. The first-order valence-corrected chi connectivity index (χ1v) is 8.32. The topological polar surface area (TPSA) is 47.6 Å². The van der Waals surface area contributed by atoms with Crippen LogP contribution in [-0.4, -0.2) is 19.1 Å². The predicted molar refractivity (Wildman–Crippen MR) is 97.0 cm³/mol. The van der Waals surface area contributed by atoms with Gasteiger partial charge in [-0.15, -0.1) is 0 Å². The van der Waals surface area contributed by atoms with Crippen LogP contribution in [0.15, 0.2) is 48.5 Å². The number of benzene rings is 2. The molecule has 0 unspecified atom stereocenters. The van der Waals surface area contributed by atoms with E-state index in [4.69, 9.17) is 21.1 Å². The molecule has 0 aromatic heterocycles. The molecule has 4 nitrogen and oxygen atoms in total. The van der Waals surface area contributed by atoms with Crippen LogP contribution < -0.4 is 14.8 Å². The van der Waals surface area contributed by atoms with Crippen LogP contribution in [-0.2, 0) is 4.79 Å². The van der Waals surface area contributed by atoms with Gasteiger partial charge in [-0.25, -0.2) is 0 Å². The van der Waals surface area contributed by atoms with Gasteiger partial charge in [-0.3, -0.25) is 4.79 Å². The van der Waals surface area contributed by atoms with Gasteiger partial charge < -0.3 is 14.8 Å². The van der Waals surface area contributed by atoms with Gasteiger partial charge in [0.15, 0.2) is 6.61 Å². The van der Waals surface area contributed by atoms with Gasteiger partial charge in [0.1, 0.15) is 11.5 Å². The number of anilines is 1. The highest BCUT2D eigenvalue weighted by molar-refractivity contribution is 6.33. The number of halogens is 1. The maximum Gasteiger partial charge on any atom is 0.262 e. The van der Waals surface area contributed by atoms with E-state index in [0.717, 1.165) is 12.2 Å². The lowest BCUT2D eigenvalue weighted by Gasteiger charge is -2.11. The Morgan fingerprint density at radius 2 is 1.79 bits per heavy atom. The summed E-state index contributed by atoms with van der Waals surface area (Å²) in [5.74, 6) is 1.65. The van der Waals surface area contributed by atoms with E-state index in [1.807, 2.05) is 12.1 Å². The quantitative estimate of drug-likeness (QED) is 0.747. The van der Waals surface area contributed by atoms with Crippen molar-refractivity contribution in [2.75, 3.05) is 18.5 Å². The molecule has 128 valence electrons. The number of amides is 1. The zero-order chi connectivity index (χ0) is 17.4. The monoisotopic (exact) mass is 347 g/mol. The Kier molecular flexibility index (Phi) is 6.94. The number of para-hydroxylation sites is 1. The molecule has 0 bridgehead atoms. The Balaban J connectivity index is 1.83. The summed E-state index contributed by atoms with van der Waals surface area (Å²) in [5, 5.41) is 3.21. The predicted octanol–water partition coefficient (Wildman–Crippen LogP) is 4.78. The van der Waals surface area contributed by atoms with Crippen molar-refractivity contribution in [1.82, 2.24) is 0 Å². The average molecular weight is 348 g/mol. The number of hydrogen-bond acceptors (Lipinski definition) is 3. The van der Waals surface area contributed by atoms with Gasteiger partial charge in [-0.05, 0) is 36.6 Å². The Hall–Kier alpha value is -2.20. The summed E-state index contributed by atoms with van der Waals surface area (Å²) in [7, 11) is 0. The van der Waals surface area contributed by atoms with Crippen molar-refractivity contribution in [3.05, 3.63) is 53.6 Å². The third-order valence-corrected chi connectivity index (χ3v) is 3.62. The lowest BCUT2D eigenvalue weighted by atomic mass is 10.1. The average Bonchev–Trinajstić information content (AvgIpc) is 2.55. The van der Waals surface area contributed by atoms with E-state index in [0.29, 0.717) is 29.0 Å². The lowest BCUT2D eigenvalue weighted by Crippen LogP contribution is -2.20. The van der Waals surface area contributed by atoms with Crippen LogP contribution in [0.1, 0.15) is 20.3 Å². The van der Waals surface area contributed by atoms with Crippen LogP contribution in [0.2, 0.25) is 5.02 Å². The van der Waals surface area contributed by atoms with Crippen molar-refractivity contribution in [2.45, 2.75) is 20.3 Å². The Morgan fingerprint density at radius 3 is 2.50 bits per heavy atom. The molecule has 0 aliphatic carbocycles. The number of hydrogen-bond donors (Lipinski definition) is 1. The van der Waals surface area contributed by atoms with Crippen molar-refractivity contribution in [3.8, 4) is 11.5 Å². The molecular weight excluding hydrogens is 326 g/mol. The number of carbonyl (C=O) groups is 1. The van der Waals surface area contributed by atoms with Gasteiger partial charge in [0.2, 0.25) is 0 Å². The van der Waals surface area contributed by atoms with Gasteiger partial charge in [0, 0.05) is 6.07 Å². The molecule has 24 heavy (non-hydrogen) atoms. The first kappa shape index (κ1) is 18.1. The van der Waals surface area contributed by atoms with Gasteiger partial charge in [-0.2, -0.15) is 0 Å². The molecule has 0 spiro atoms. The molecule has 2 rings (SSSR count). The van der Waals surface area contributed by atoms with Crippen LogP contribution in [0.5, 0.6) is 11.5 Å². The minimum absolute atomic E-state index is 0.0966. The highest BCUT2D eigenvalue weighted by atomic mass is 35.5. The van der Waals surface area contributed by atoms with E-state index < -0.39 is 0 Å². The summed E-state index contributed by atoms with van der Waals surface area (Å²) < 4.78 is 11.2. The fourth-order valence-electron chi connectivity index (χ4n) is 1.96. The minimum Gasteiger partial charge on any atom is -0.493 e. The Bertz CT molecular complexity index is 673. The van der Waals surface area contributed by atoms with E-state index in [-0.39, 0.29) is 12.5 Å². The molecule has 0 atom stereocenters. The smallest absolute Gasteiger partial charge is 0.262 e. The summed E-state index contributed by atoms with van der Waals surface area (Å²) in [6.07, 6.45) is 0.991. The number of nitrogens with one attached hydrogen (secondary N) is 1. The highest BCUT2D eigenvalue weighted by Gasteiger charge is 2.07.